The lowest BCUT2D eigenvalue weighted by Crippen LogP contribution is -2.05. The van der Waals surface area contributed by atoms with E-state index in [1.807, 2.05) is 0 Å². The van der Waals surface area contributed by atoms with Gasteiger partial charge in [-0.2, -0.15) is 13.2 Å². The van der Waals surface area contributed by atoms with E-state index in [-0.39, 0.29) is 16.7 Å². The molecule has 110 valence electrons. The molecule has 0 aliphatic rings. The number of hydrogen-bond acceptors (Lipinski definition) is 1. The van der Waals surface area contributed by atoms with E-state index in [4.69, 9.17) is 5.11 Å². The molecule has 0 aliphatic carbocycles. The first-order valence-corrected chi connectivity index (χ1v) is 5.96. The van der Waals surface area contributed by atoms with Crippen LogP contribution in [0.3, 0.4) is 0 Å². The van der Waals surface area contributed by atoms with Crippen LogP contribution < -0.4 is 0 Å². The van der Waals surface area contributed by atoms with Gasteiger partial charge < -0.3 is 5.11 Å². The van der Waals surface area contributed by atoms with Crippen molar-refractivity contribution in [1.82, 2.24) is 0 Å². The Balaban J connectivity index is 2.49. The van der Waals surface area contributed by atoms with Gasteiger partial charge in [0.05, 0.1) is 12.0 Å². The molecule has 21 heavy (non-hydrogen) atoms. The highest BCUT2D eigenvalue weighted by Crippen LogP contribution is 2.33. The van der Waals surface area contributed by atoms with Gasteiger partial charge in [-0.15, -0.1) is 0 Å². The number of carboxylic acid groups (broad SMARTS) is 1. The van der Waals surface area contributed by atoms with Crippen LogP contribution in [0.2, 0.25) is 0 Å². The Kier molecular flexibility index (Phi) is 3.97. The first kappa shape index (κ1) is 15.0. The lowest BCUT2D eigenvalue weighted by Gasteiger charge is -2.11. The number of carboxylic acids is 1. The summed E-state index contributed by atoms with van der Waals surface area (Å²) in [6.45, 7) is 0. The van der Waals surface area contributed by atoms with Crippen molar-refractivity contribution in [3.8, 4) is 11.1 Å². The summed E-state index contributed by atoms with van der Waals surface area (Å²) in [6.07, 6.45) is -4.88. The van der Waals surface area contributed by atoms with E-state index in [2.05, 4.69) is 0 Å². The monoisotopic (exact) mass is 298 g/mol. The molecule has 0 unspecified atom stereocenters. The van der Waals surface area contributed by atoms with Crippen LogP contribution in [0.15, 0.2) is 42.5 Å². The number of hydrogen-bond donors (Lipinski definition) is 1. The highest BCUT2D eigenvalue weighted by molar-refractivity contribution is 5.77. The lowest BCUT2D eigenvalue weighted by molar-refractivity contribution is -0.138. The minimum absolute atomic E-state index is 0.00799. The predicted octanol–water partition coefficient (Wildman–Crippen LogP) is 4.14. The van der Waals surface area contributed by atoms with Gasteiger partial charge in [-0.3, -0.25) is 4.79 Å². The summed E-state index contributed by atoms with van der Waals surface area (Å²) in [5.41, 5.74) is -0.421. The quantitative estimate of drug-likeness (QED) is 0.865. The van der Waals surface area contributed by atoms with Crippen LogP contribution in [-0.4, -0.2) is 11.1 Å². The third-order valence-electron chi connectivity index (χ3n) is 2.94. The molecule has 1 N–H and O–H groups in total. The molecule has 0 fully saturated rings. The topological polar surface area (TPSA) is 37.3 Å². The van der Waals surface area contributed by atoms with Crippen molar-refractivity contribution in [2.75, 3.05) is 0 Å². The van der Waals surface area contributed by atoms with Gasteiger partial charge in [0.1, 0.15) is 5.82 Å². The van der Waals surface area contributed by atoms with Crippen molar-refractivity contribution in [2.45, 2.75) is 12.6 Å². The van der Waals surface area contributed by atoms with Crippen molar-refractivity contribution < 1.29 is 27.5 Å². The Bertz CT molecular complexity index is 660. The van der Waals surface area contributed by atoms with Gasteiger partial charge in [0.15, 0.2) is 0 Å². The minimum Gasteiger partial charge on any atom is -0.481 e. The standard InChI is InChI=1S/C15H10F4O2/c16-12-3-1-2-10(8-13(20)21)14(12)9-4-6-11(7-5-9)15(17,18)19/h1-7H,8H2,(H,20,21). The average molecular weight is 298 g/mol. The molecule has 6 heteroatoms. The number of rotatable bonds is 3. The van der Waals surface area contributed by atoms with Crippen LogP contribution in [0.25, 0.3) is 11.1 Å². The van der Waals surface area contributed by atoms with E-state index in [0.717, 1.165) is 30.3 Å². The zero-order valence-electron chi connectivity index (χ0n) is 10.6. The zero-order valence-corrected chi connectivity index (χ0v) is 10.6. The molecule has 2 aromatic rings. The molecule has 0 radical (unpaired) electrons. The van der Waals surface area contributed by atoms with Gasteiger partial charge in [0, 0.05) is 5.56 Å². The second-order valence-corrected chi connectivity index (χ2v) is 4.42. The van der Waals surface area contributed by atoms with Gasteiger partial charge in [0.2, 0.25) is 0 Å². The number of aliphatic carboxylic acids is 1. The van der Waals surface area contributed by atoms with E-state index in [0.29, 0.717) is 0 Å². The molecule has 0 heterocycles. The molecule has 2 nitrogen and oxygen atoms in total. The van der Waals surface area contributed by atoms with Gasteiger partial charge in [-0.25, -0.2) is 4.39 Å². The fraction of sp³-hybridized carbons (Fsp3) is 0.133. The summed E-state index contributed by atoms with van der Waals surface area (Å²) in [7, 11) is 0. The Labute approximate surface area is 117 Å². The van der Waals surface area contributed by atoms with Gasteiger partial charge in [0.25, 0.3) is 0 Å². The molecule has 0 aliphatic heterocycles. The number of carbonyl (C=O) groups is 1. The van der Waals surface area contributed by atoms with Crippen molar-refractivity contribution in [3.63, 3.8) is 0 Å². The van der Waals surface area contributed by atoms with Crippen molar-refractivity contribution in [1.29, 1.82) is 0 Å². The Morgan fingerprint density at radius 3 is 2.19 bits per heavy atom. The SMILES string of the molecule is O=C(O)Cc1cccc(F)c1-c1ccc(C(F)(F)F)cc1. The van der Waals surface area contributed by atoms with Crippen LogP contribution in [0.1, 0.15) is 11.1 Å². The molecule has 0 bridgehead atoms. The highest BCUT2D eigenvalue weighted by Gasteiger charge is 2.30. The maximum atomic E-state index is 13.9. The van der Waals surface area contributed by atoms with E-state index < -0.39 is 29.9 Å². The van der Waals surface area contributed by atoms with Crippen molar-refractivity contribution in [2.24, 2.45) is 0 Å². The summed E-state index contributed by atoms with van der Waals surface area (Å²) in [6, 6.07) is 7.88. The fourth-order valence-corrected chi connectivity index (χ4v) is 2.03. The molecule has 0 saturated heterocycles. The van der Waals surface area contributed by atoms with Crippen LogP contribution >= 0.6 is 0 Å². The van der Waals surface area contributed by atoms with Gasteiger partial charge in [-0.05, 0) is 29.3 Å². The lowest BCUT2D eigenvalue weighted by atomic mass is 9.96. The third-order valence-corrected chi connectivity index (χ3v) is 2.94. The van der Waals surface area contributed by atoms with E-state index in [1.54, 1.807) is 0 Å². The number of halogens is 4. The summed E-state index contributed by atoms with van der Waals surface area (Å²) in [5.74, 6) is -1.82. The van der Waals surface area contributed by atoms with Crippen molar-refractivity contribution >= 4 is 5.97 Å². The molecule has 0 aromatic heterocycles. The van der Waals surface area contributed by atoms with E-state index in [9.17, 15) is 22.4 Å². The minimum atomic E-state index is -4.47. The Morgan fingerprint density at radius 1 is 1.05 bits per heavy atom. The number of benzene rings is 2. The predicted molar refractivity (Wildman–Crippen MR) is 68.2 cm³/mol. The molecular weight excluding hydrogens is 288 g/mol. The summed E-state index contributed by atoms with van der Waals surface area (Å²) >= 11 is 0. The summed E-state index contributed by atoms with van der Waals surface area (Å²) in [4.78, 5) is 10.8. The Hall–Kier alpha value is -2.37. The van der Waals surface area contributed by atoms with E-state index >= 15 is 0 Å². The van der Waals surface area contributed by atoms with Crippen LogP contribution in [0.4, 0.5) is 17.6 Å². The second-order valence-electron chi connectivity index (χ2n) is 4.42. The largest absolute Gasteiger partial charge is 0.481 e. The normalized spacial score (nSPS) is 11.4. The second kappa shape index (κ2) is 5.55. The summed E-state index contributed by atoms with van der Waals surface area (Å²) in [5, 5.41) is 8.81. The van der Waals surface area contributed by atoms with Gasteiger partial charge in [-0.1, -0.05) is 24.3 Å². The highest BCUT2D eigenvalue weighted by atomic mass is 19.4. The number of alkyl halides is 3. The fourth-order valence-electron chi connectivity index (χ4n) is 2.03. The first-order chi connectivity index (χ1) is 9.79. The molecular formula is C15H10F4O2. The molecule has 0 spiro atoms. The molecule has 2 aromatic carbocycles. The van der Waals surface area contributed by atoms with Crippen molar-refractivity contribution in [3.05, 3.63) is 59.4 Å². The third kappa shape index (κ3) is 3.39. The Morgan fingerprint density at radius 2 is 1.67 bits per heavy atom. The maximum absolute atomic E-state index is 13.9. The molecule has 2 rings (SSSR count). The van der Waals surface area contributed by atoms with E-state index in [1.165, 1.54) is 12.1 Å². The summed E-state index contributed by atoms with van der Waals surface area (Å²) < 4.78 is 51.4. The van der Waals surface area contributed by atoms with Crippen LogP contribution in [0, 0.1) is 5.82 Å². The smallest absolute Gasteiger partial charge is 0.416 e. The average Bonchev–Trinajstić information content (AvgIpc) is 2.37. The molecule has 0 saturated carbocycles. The zero-order chi connectivity index (χ0) is 15.6. The maximum Gasteiger partial charge on any atom is 0.416 e. The first-order valence-electron chi connectivity index (χ1n) is 5.96. The van der Waals surface area contributed by atoms with Crippen LogP contribution in [-0.2, 0) is 17.4 Å². The van der Waals surface area contributed by atoms with Gasteiger partial charge >= 0.3 is 12.1 Å². The van der Waals surface area contributed by atoms with Crippen LogP contribution in [0.5, 0.6) is 0 Å². The molecule has 0 atom stereocenters. The molecule has 0 amide bonds.